The van der Waals surface area contributed by atoms with E-state index in [1.165, 1.54) is 44.2 Å². The van der Waals surface area contributed by atoms with Crippen LogP contribution >= 0.6 is 0 Å². The first-order valence-electron chi connectivity index (χ1n) is 7.52. The van der Waals surface area contributed by atoms with Crippen LogP contribution in [0, 0.1) is 16.0 Å². The second-order valence-electron chi connectivity index (χ2n) is 5.93. The molecule has 0 aromatic heterocycles. The van der Waals surface area contributed by atoms with E-state index in [1.807, 2.05) is 11.9 Å². The van der Waals surface area contributed by atoms with Crippen LogP contribution in [-0.2, 0) is 0 Å². The number of ketones is 1. The number of nitro benzene ring substituents is 1. The van der Waals surface area contributed by atoms with Crippen LogP contribution in [0.5, 0.6) is 0 Å². The van der Waals surface area contributed by atoms with Crippen LogP contribution in [0.2, 0.25) is 0 Å². The number of nitrogens with zero attached hydrogens (tertiary/aromatic N) is 2. The van der Waals surface area contributed by atoms with Crippen LogP contribution in [0.25, 0.3) is 0 Å². The Morgan fingerprint density at radius 1 is 1.33 bits per heavy atom. The van der Waals surface area contributed by atoms with Crippen LogP contribution in [0.4, 0.5) is 5.69 Å². The van der Waals surface area contributed by atoms with Gasteiger partial charge in [-0.25, -0.2) is 0 Å². The normalized spacial score (nSPS) is 16.1. The van der Waals surface area contributed by atoms with Crippen molar-refractivity contribution in [3.8, 4) is 0 Å². The largest absolute Gasteiger partial charge is 0.299 e. The van der Waals surface area contributed by atoms with Gasteiger partial charge in [-0.3, -0.25) is 19.8 Å². The number of carbonyl (C=O) groups is 1. The summed E-state index contributed by atoms with van der Waals surface area (Å²) in [6, 6.07) is 5.97. The van der Waals surface area contributed by atoms with Crippen molar-refractivity contribution in [2.24, 2.45) is 5.92 Å². The van der Waals surface area contributed by atoms with Gasteiger partial charge < -0.3 is 0 Å². The highest BCUT2D eigenvalue weighted by molar-refractivity contribution is 5.98. The molecule has 0 amide bonds. The van der Waals surface area contributed by atoms with Gasteiger partial charge in [-0.1, -0.05) is 31.4 Å². The summed E-state index contributed by atoms with van der Waals surface area (Å²) in [5.41, 5.74) is 0.385. The summed E-state index contributed by atoms with van der Waals surface area (Å²) in [6.07, 6.45) is 6.40. The van der Waals surface area contributed by atoms with E-state index in [-0.39, 0.29) is 11.5 Å². The third kappa shape index (κ3) is 4.63. The van der Waals surface area contributed by atoms with E-state index in [2.05, 4.69) is 0 Å². The predicted molar refractivity (Wildman–Crippen MR) is 81.5 cm³/mol. The molecule has 1 aliphatic carbocycles. The molecule has 2 rings (SSSR count). The molecule has 114 valence electrons. The molecule has 0 radical (unpaired) electrons. The lowest BCUT2D eigenvalue weighted by Gasteiger charge is -2.26. The third-order valence-electron chi connectivity index (χ3n) is 4.09. The number of hydrogen-bond acceptors (Lipinski definition) is 4. The molecule has 0 atom stereocenters. The van der Waals surface area contributed by atoms with Gasteiger partial charge in [0.15, 0.2) is 5.78 Å². The number of likely N-dealkylation sites (N-methyl/N-ethyl adjacent to an activating group) is 1. The van der Waals surface area contributed by atoms with Crippen molar-refractivity contribution in [2.75, 3.05) is 20.1 Å². The molecule has 0 bridgehead atoms. The highest BCUT2D eigenvalue weighted by Gasteiger charge is 2.18. The van der Waals surface area contributed by atoms with Crippen molar-refractivity contribution in [1.29, 1.82) is 0 Å². The van der Waals surface area contributed by atoms with Crippen LogP contribution in [0.3, 0.4) is 0 Å². The second kappa shape index (κ2) is 7.31. The van der Waals surface area contributed by atoms with E-state index in [0.717, 1.165) is 6.54 Å². The maximum Gasteiger partial charge on any atom is 0.270 e. The first-order chi connectivity index (χ1) is 10.1. The fourth-order valence-corrected chi connectivity index (χ4v) is 3.00. The maximum atomic E-state index is 12.2. The minimum Gasteiger partial charge on any atom is -0.299 e. The van der Waals surface area contributed by atoms with Crippen LogP contribution in [0.15, 0.2) is 24.3 Å². The number of hydrogen-bond donors (Lipinski definition) is 0. The maximum absolute atomic E-state index is 12.2. The van der Waals surface area contributed by atoms with Crippen molar-refractivity contribution < 1.29 is 9.72 Å². The van der Waals surface area contributed by atoms with Crippen molar-refractivity contribution >= 4 is 11.5 Å². The van der Waals surface area contributed by atoms with Gasteiger partial charge in [0.1, 0.15) is 0 Å². The Balaban J connectivity index is 1.90. The van der Waals surface area contributed by atoms with Crippen LogP contribution in [-0.4, -0.2) is 35.7 Å². The lowest BCUT2D eigenvalue weighted by atomic mass is 9.89. The highest BCUT2D eigenvalue weighted by atomic mass is 16.6. The van der Waals surface area contributed by atoms with E-state index in [1.54, 1.807) is 12.1 Å². The average Bonchev–Trinajstić information content (AvgIpc) is 2.48. The summed E-state index contributed by atoms with van der Waals surface area (Å²) in [5, 5.41) is 10.7. The molecule has 1 aromatic rings. The van der Waals surface area contributed by atoms with E-state index >= 15 is 0 Å². The molecule has 1 aromatic carbocycles. The van der Waals surface area contributed by atoms with Gasteiger partial charge in [0.2, 0.25) is 0 Å². The summed E-state index contributed by atoms with van der Waals surface area (Å²) in [5.74, 6) is 0.624. The average molecular weight is 290 g/mol. The first kappa shape index (κ1) is 15.6. The van der Waals surface area contributed by atoms with Crippen molar-refractivity contribution in [3.63, 3.8) is 0 Å². The Bertz CT molecular complexity index is 510. The first-order valence-corrected chi connectivity index (χ1v) is 7.52. The molecule has 5 nitrogen and oxygen atoms in total. The molecule has 1 saturated carbocycles. The molecule has 0 spiro atoms. The number of carbonyl (C=O) groups excluding carboxylic acids is 1. The van der Waals surface area contributed by atoms with E-state index < -0.39 is 4.92 Å². The number of non-ortho nitro benzene ring substituents is 1. The molecule has 0 unspecified atom stereocenters. The Labute approximate surface area is 125 Å². The van der Waals surface area contributed by atoms with Crippen molar-refractivity contribution in [3.05, 3.63) is 39.9 Å². The number of Topliss-reactive ketones (excluding diaryl/α,β-unsaturated/α-hetero) is 1. The fourth-order valence-electron chi connectivity index (χ4n) is 3.00. The highest BCUT2D eigenvalue weighted by Crippen LogP contribution is 2.24. The summed E-state index contributed by atoms with van der Waals surface area (Å²) >= 11 is 0. The van der Waals surface area contributed by atoms with Crippen LogP contribution in [0.1, 0.15) is 42.5 Å². The van der Waals surface area contributed by atoms with Gasteiger partial charge in [-0.05, 0) is 25.8 Å². The molecular formula is C16H22N2O3. The van der Waals surface area contributed by atoms with Gasteiger partial charge in [0.25, 0.3) is 5.69 Å². The molecule has 1 fully saturated rings. The molecule has 0 heterocycles. The zero-order valence-electron chi connectivity index (χ0n) is 12.5. The number of nitro groups is 1. The van der Waals surface area contributed by atoms with Gasteiger partial charge in [-0.2, -0.15) is 0 Å². The Morgan fingerprint density at radius 3 is 2.71 bits per heavy atom. The van der Waals surface area contributed by atoms with Crippen LogP contribution < -0.4 is 0 Å². The molecule has 5 heteroatoms. The molecule has 0 saturated heterocycles. The van der Waals surface area contributed by atoms with Crippen molar-refractivity contribution in [2.45, 2.75) is 32.1 Å². The SMILES string of the molecule is CN(CC(=O)c1cccc([N+](=O)[O-])c1)CC1CCCCC1. The molecular weight excluding hydrogens is 268 g/mol. The Hall–Kier alpha value is -1.75. The van der Waals surface area contributed by atoms with E-state index in [4.69, 9.17) is 0 Å². The van der Waals surface area contributed by atoms with E-state index in [0.29, 0.717) is 18.0 Å². The van der Waals surface area contributed by atoms with Crippen molar-refractivity contribution in [1.82, 2.24) is 4.90 Å². The monoisotopic (exact) mass is 290 g/mol. The smallest absolute Gasteiger partial charge is 0.270 e. The zero-order valence-corrected chi connectivity index (χ0v) is 12.5. The lowest BCUT2D eigenvalue weighted by Crippen LogP contribution is -2.31. The topological polar surface area (TPSA) is 63.5 Å². The number of benzene rings is 1. The lowest BCUT2D eigenvalue weighted by molar-refractivity contribution is -0.384. The molecule has 0 aliphatic heterocycles. The quantitative estimate of drug-likeness (QED) is 0.458. The molecule has 1 aliphatic rings. The van der Waals surface area contributed by atoms with E-state index in [9.17, 15) is 14.9 Å². The summed E-state index contributed by atoms with van der Waals surface area (Å²) in [4.78, 5) is 24.5. The Morgan fingerprint density at radius 2 is 2.05 bits per heavy atom. The predicted octanol–water partition coefficient (Wildman–Crippen LogP) is 3.29. The standard InChI is InChI=1S/C16H22N2O3/c1-17(11-13-6-3-2-4-7-13)12-16(19)14-8-5-9-15(10-14)18(20)21/h5,8-10,13H,2-4,6-7,11-12H2,1H3. The van der Waals surface area contributed by atoms with Gasteiger partial charge in [0, 0.05) is 24.2 Å². The zero-order chi connectivity index (χ0) is 15.2. The number of rotatable bonds is 6. The third-order valence-corrected chi connectivity index (χ3v) is 4.09. The molecule has 21 heavy (non-hydrogen) atoms. The van der Waals surface area contributed by atoms with Gasteiger partial charge >= 0.3 is 0 Å². The minimum absolute atomic E-state index is 0.0317. The second-order valence-corrected chi connectivity index (χ2v) is 5.93. The summed E-state index contributed by atoms with van der Waals surface area (Å²) in [7, 11) is 1.95. The summed E-state index contributed by atoms with van der Waals surface area (Å²) in [6.45, 7) is 1.25. The molecule has 0 N–H and O–H groups in total. The minimum atomic E-state index is -0.470. The van der Waals surface area contributed by atoms with Gasteiger partial charge in [0.05, 0.1) is 11.5 Å². The fraction of sp³-hybridized carbons (Fsp3) is 0.562. The van der Waals surface area contributed by atoms with Gasteiger partial charge in [-0.15, -0.1) is 0 Å². The Kier molecular flexibility index (Phi) is 5.44. The summed E-state index contributed by atoms with van der Waals surface area (Å²) < 4.78 is 0.